The molecule has 138 valence electrons. The molecule has 1 aliphatic heterocycles. The number of carbonyl (C=O) groups excluding carboxylic acids is 3. The van der Waals surface area contributed by atoms with Crippen LogP contribution in [-0.4, -0.2) is 24.4 Å². The molecule has 3 rings (SSSR count). The van der Waals surface area contributed by atoms with Gasteiger partial charge in [-0.15, -0.1) is 0 Å². The van der Waals surface area contributed by atoms with E-state index in [1.165, 1.54) is 0 Å². The van der Waals surface area contributed by atoms with E-state index < -0.39 is 18.0 Å². The first-order chi connectivity index (χ1) is 13.0. The summed E-state index contributed by atoms with van der Waals surface area (Å²) in [4.78, 5) is 37.8. The first kappa shape index (κ1) is 18.7. The van der Waals surface area contributed by atoms with Crippen molar-refractivity contribution in [2.75, 3.05) is 6.61 Å². The molecule has 27 heavy (non-hydrogen) atoms. The summed E-state index contributed by atoms with van der Waals surface area (Å²) in [6, 6.07) is 13.8. The SMILES string of the molecule is CCOC(=O)C1=C(C(=O)c2ccccc2)[C@H](c2ccc(Cl)cc2)NC(=O)N1. The average Bonchev–Trinajstić information content (AvgIpc) is 2.68. The number of hydrogen-bond donors (Lipinski definition) is 2. The second-order valence-corrected chi connectivity index (χ2v) is 6.22. The van der Waals surface area contributed by atoms with E-state index in [1.807, 2.05) is 0 Å². The predicted octanol–water partition coefficient (Wildman–Crippen LogP) is 3.39. The number of esters is 1. The largest absolute Gasteiger partial charge is 0.461 e. The number of amides is 2. The van der Waals surface area contributed by atoms with Gasteiger partial charge in [-0.1, -0.05) is 54.1 Å². The Morgan fingerprint density at radius 3 is 2.37 bits per heavy atom. The van der Waals surface area contributed by atoms with Gasteiger partial charge in [-0.05, 0) is 24.6 Å². The summed E-state index contributed by atoms with van der Waals surface area (Å²) < 4.78 is 5.04. The van der Waals surface area contributed by atoms with Crippen LogP contribution in [-0.2, 0) is 9.53 Å². The summed E-state index contributed by atoms with van der Waals surface area (Å²) in [6.07, 6.45) is 0. The van der Waals surface area contributed by atoms with Crippen LogP contribution in [0.15, 0.2) is 65.9 Å². The molecule has 2 aromatic rings. The highest BCUT2D eigenvalue weighted by Gasteiger charge is 2.36. The summed E-state index contributed by atoms with van der Waals surface area (Å²) in [6.45, 7) is 1.76. The lowest BCUT2D eigenvalue weighted by Crippen LogP contribution is -2.47. The molecule has 0 saturated heterocycles. The highest BCUT2D eigenvalue weighted by molar-refractivity contribution is 6.30. The lowest BCUT2D eigenvalue weighted by atomic mass is 9.89. The molecule has 0 radical (unpaired) electrons. The van der Waals surface area contributed by atoms with Gasteiger partial charge in [0.05, 0.1) is 18.2 Å². The van der Waals surface area contributed by atoms with Gasteiger partial charge in [0.1, 0.15) is 5.70 Å². The van der Waals surface area contributed by atoms with Crippen LogP contribution in [0, 0.1) is 0 Å². The van der Waals surface area contributed by atoms with Crippen molar-refractivity contribution in [2.24, 2.45) is 0 Å². The van der Waals surface area contributed by atoms with Crippen LogP contribution in [0.2, 0.25) is 5.02 Å². The van der Waals surface area contributed by atoms with Gasteiger partial charge in [0.15, 0.2) is 5.78 Å². The Bertz CT molecular complexity index is 907. The van der Waals surface area contributed by atoms with Crippen LogP contribution in [0.25, 0.3) is 0 Å². The van der Waals surface area contributed by atoms with Crippen molar-refractivity contribution in [2.45, 2.75) is 13.0 Å². The fourth-order valence-electron chi connectivity index (χ4n) is 2.82. The van der Waals surface area contributed by atoms with E-state index >= 15 is 0 Å². The van der Waals surface area contributed by atoms with E-state index in [4.69, 9.17) is 16.3 Å². The first-order valence-corrected chi connectivity index (χ1v) is 8.73. The lowest BCUT2D eigenvalue weighted by molar-refractivity contribution is -0.139. The van der Waals surface area contributed by atoms with Gasteiger partial charge in [0.25, 0.3) is 0 Å². The van der Waals surface area contributed by atoms with E-state index in [1.54, 1.807) is 61.5 Å². The number of halogens is 1. The minimum atomic E-state index is -0.817. The van der Waals surface area contributed by atoms with Gasteiger partial charge in [0, 0.05) is 10.6 Å². The topological polar surface area (TPSA) is 84.5 Å². The monoisotopic (exact) mass is 384 g/mol. The molecule has 2 aromatic carbocycles. The van der Waals surface area contributed by atoms with Crippen molar-refractivity contribution in [1.82, 2.24) is 10.6 Å². The molecule has 0 unspecified atom stereocenters. The predicted molar refractivity (Wildman–Crippen MR) is 100 cm³/mol. The minimum absolute atomic E-state index is 0.113. The maximum absolute atomic E-state index is 13.2. The number of Topliss-reactive ketones (excluding diaryl/α,β-unsaturated/α-hetero) is 1. The van der Waals surface area contributed by atoms with E-state index in [9.17, 15) is 14.4 Å². The lowest BCUT2D eigenvalue weighted by Gasteiger charge is -2.29. The van der Waals surface area contributed by atoms with Crippen LogP contribution in [0.1, 0.15) is 28.9 Å². The second-order valence-electron chi connectivity index (χ2n) is 5.79. The molecule has 1 atom stereocenters. The van der Waals surface area contributed by atoms with Crippen molar-refractivity contribution in [1.29, 1.82) is 0 Å². The van der Waals surface area contributed by atoms with Crippen molar-refractivity contribution >= 4 is 29.4 Å². The molecule has 0 bridgehead atoms. The van der Waals surface area contributed by atoms with Gasteiger partial charge >= 0.3 is 12.0 Å². The summed E-state index contributed by atoms with van der Waals surface area (Å²) in [5.41, 5.74) is 0.970. The Morgan fingerprint density at radius 2 is 1.74 bits per heavy atom. The van der Waals surface area contributed by atoms with Crippen LogP contribution in [0.5, 0.6) is 0 Å². The Kier molecular flexibility index (Phi) is 5.57. The van der Waals surface area contributed by atoms with Gasteiger partial charge in [0.2, 0.25) is 0 Å². The zero-order valence-electron chi connectivity index (χ0n) is 14.5. The molecule has 2 N–H and O–H groups in total. The standard InChI is InChI=1S/C20H17ClN2O4/c1-2-27-19(25)17-15(18(24)13-6-4-3-5-7-13)16(22-20(26)23-17)12-8-10-14(21)11-9-12/h3-11,16H,2H2,1H3,(H2,22,23,26)/t16-/m0/s1. The molecule has 1 aliphatic rings. The fraction of sp³-hybridized carbons (Fsp3) is 0.150. The van der Waals surface area contributed by atoms with Crippen molar-refractivity contribution in [3.05, 3.63) is 82.0 Å². The number of urea groups is 1. The minimum Gasteiger partial charge on any atom is -0.461 e. The fourth-order valence-corrected chi connectivity index (χ4v) is 2.95. The quantitative estimate of drug-likeness (QED) is 0.611. The number of benzene rings is 2. The van der Waals surface area contributed by atoms with Gasteiger partial charge in [-0.2, -0.15) is 0 Å². The van der Waals surface area contributed by atoms with E-state index in [2.05, 4.69) is 10.6 Å². The Labute approximate surface area is 161 Å². The summed E-state index contributed by atoms with van der Waals surface area (Å²) in [5, 5.41) is 5.64. The molecule has 0 saturated carbocycles. The number of ketones is 1. The molecule has 2 amide bonds. The van der Waals surface area contributed by atoms with E-state index in [0.717, 1.165) is 0 Å². The third kappa shape index (κ3) is 4.01. The zero-order valence-corrected chi connectivity index (χ0v) is 15.2. The first-order valence-electron chi connectivity index (χ1n) is 8.35. The Balaban J connectivity index is 2.16. The highest BCUT2D eigenvalue weighted by atomic mass is 35.5. The molecular weight excluding hydrogens is 368 g/mol. The van der Waals surface area contributed by atoms with Gasteiger partial charge in [-0.25, -0.2) is 9.59 Å². The number of rotatable bonds is 5. The Morgan fingerprint density at radius 1 is 1.07 bits per heavy atom. The molecule has 1 heterocycles. The maximum Gasteiger partial charge on any atom is 0.355 e. The molecular formula is C20H17ClN2O4. The molecule has 0 spiro atoms. The number of ether oxygens (including phenoxy) is 1. The molecule has 7 heteroatoms. The summed E-state index contributed by atoms with van der Waals surface area (Å²) in [7, 11) is 0. The number of carbonyl (C=O) groups is 3. The van der Waals surface area contributed by atoms with Crippen LogP contribution in [0.3, 0.4) is 0 Å². The normalized spacial score (nSPS) is 16.4. The van der Waals surface area contributed by atoms with Gasteiger partial charge in [-0.3, -0.25) is 4.79 Å². The highest BCUT2D eigenvalue weighted by Crippen LogP contribution is 2.30. The number of hydrogen-bond acceptors (Lipinski definition) is 4. The Hall–Kier alpha value is -3.12. The molecule has 0 aromatic heterocycles. The smallest absolute Gasteiger partial charge is 0.355 e. The van der Waals surface area contributed by atoms with Crippen LogP contribution < -0.4 is 10.6 Å². The van der Waals surface area contributed by atoms with Gasteiger partial charge < -0.3 is 15.4 Å². The molecule has 6 nitrogen and oxygen atoms in total. The zero-order chi connectivity index (χ0) is 19.4. The number of nitrogens with one attached hydrogen (secondary N) is 2. The van der Waals surface area contributed by atoms with E-state index in [-0.39, 0.29) is 23.7 Å². The van der Waals surface area contributed by atoms with Crippen molar-refractivity contribution in [3.63, 3.8) is 0 Å². The van der Waals surface area contributed by atoms with Crippen molar-refractivity contribution < 1.29 is 19.1 Å². The van der Waals surface area contributed by atoms with E-state index in [0.29, 0.717) is 16.1 Å². The van der Waals surface area contributed by atoms with Crippen LogP contribution >= 0.6 is 11.6 Å². The maximum atomic E-state index is 13.2. The van der Waals surface area contributed by atoms with Crippen LogP contribution in [0.4, 0.5) is 4.79 Å². The summed E-state index contributed by atoms with van der Waals surface area (Å²) in [5.74, 6) is -1.14. The molecule has 0 fully saturated rings. The average molecular weight is 385 g/mol. The third-order valence-corrected chi connectivity index (χ3v) is 4.29. The third-order valence-electron chi connectivity index (χ3n) is 4.04. The van der Waals surface area contributed by atoms with Crippen molar-refractivity contribution in [3.8, 4) is 0 Å². The second kappa shape index (κ2) is 8.05. The summed E-state index contributed by atoms with van der Waals surface area (Å²) >= 11 is 5.94. The molecule has 0 aliphatic carbocycles.